The van der Waals surface area contributed by atoms with E-state index in [-0.39, 0.29) is 5.69 Å². The summed E-state index contributed by atoms with van der Waals surface area (Å²) < 4.78 is 0.623. The van der Waals surface area contributed by atoms with E-state index in [2.05, 4.69) is 31.4 Å². The van der Waals surface area contributed by atoms with Crippen molar-refractivity contribution in [1.29, 1.82) is 5.26 Å². The molecule has 1 aromatic carbocycles. The van der Waals surface area contributed by atoms with E-state index in [1.54, 1.807) is 18.2 Å². The van der Waals surface area contributed by atoms with Crippen molar-refractivity contribution in [2.45, 2.75) is 19.8 Å². The summed E-state index contributed by atoms with van der Waals surface area (Å²) >= 11 is 3.31. The molecule has 0 atom stereocenters. The Balaban J connectivity index is 2.20. The fourth-order valence-electron chi connectivity index (χ4n) is 1.87. The number of aromatic amines is 1. The number of carbonyl (C=O) groups is 1. The van der Waals surface area contributed by atoms with E-state index in [1.165, 1.54) is 0 Å². The molecule has 1 amide bonds. The van der Waals surface area contributed by atoms with Crippen LogP contribution in [0.3, 0.4) is 0 Å². The molecule has 108 valence electrons. The van der Waals surface area contributed by atoms with Crippen molar-refractivity contribution in [2.24, 2.45) is 0 Å². The van der Waals surface area contributed by atoms with Gasteiger partial charge in [0.1, 0.15) is 0 Å². The molecule has 6 nitrogen and oxygen atoms in total. The Morgan fingerprint density at radius 3 is 2.95 bits per heavy atom. The highest BCUT2D eigenvalue weighted by atomic mass is 79.9. The van der Waals surface area contributed by atoms with Crippen molar-refractivity contribution in [1.82, 2.24) is 10.2 Å². The second-order valence-corrected chi connectivity index (χ2v) is 5.33. The maximum atomic E-state index is 12.2. The summed E-state index contributed by atoms with van der Waals surface area (Å²) in [5.41, 5.74) is 8.29. The number of hydrogen-bond acceptors (Lipinski definition) is 4. The van der Waals surface area contributed by atoms with Crippen LogP contribution in [0.5, 0.6) is 0 Å². The zero-order valence-corrected chi connectivity index (χ0v) is 13.0. The molecule has 0 saturated carbocycles. The third kappa shape index (κ3) is 3.23. The number of anilines is 2. The van der Waals surface area contributed by atoms with Gasteiger partial charge in [-0.15, -0.1) is 0 Å². The predicted octanol–water partition coefficient (Wildman–Crippen LogP) is 2.83. The summed E-state index contributed by atoms with van der Waals surface area (Å²) in [7, 11) is 0. The standard InChI is InChI=1S/C14H14BrN5O/c1-2-3-11-12(17)13(20-19-11)14(21)18-10-5-4-8(7-16)6-9(10)15/h4-6H,2-3,17H2,1H3,(H,18,21)(H,19,20). The molecule has 1 aromatic heterocycles. The van der Waals surface area contributed by atoms with E-state index in [0.29, 0.717) is 21.4 Å². The summed E-state index contributed by atoms with van der Waals surface area (Å²) in [5.74, 6) is -0.392. The Morgan fingerprint density at radius 2 is 2.33 bits per heavy atom. The molecule has 0 saturated heterocycles. The summed E-state index contributed by atoms with van der Waals surface area (Å²) in [5, 5.41) is 18.3. The number of nitrogens with zero attached hydrogens (tertiary/aromatic N) is 2. The topological polar surface area (TPSA) is 108 Å². The van der Waals surface area contributed by atoms with Crippen LogP contribution in [-0.2, 0) is 6.42 Å². The smallest absolute Gasteiger partial charge is 0.278 e. The van der Waals surface area contributed by atoms with Crippen molar-refractivity contribution in [3.63, 3.8) is 0 Å². The monoisotopic (exact) mass is 347 g/mol. The molecule has 7 heteroatoms. The molecule has 0 unspecified atom stereocenters. The largest absolute Gasteiger partial charge is 0.395 e. The number of halogens is 1. The van der Waals surface area contributed by atoms with Gasteiger partial charge in [0.15, 0.2) is 5.69 Å². The average molecular weight is 348 g/mol. The molecule has 1 heterocycles. The molecule has 2 aromatic rings. The van der Waals surface area contributed by atoms with Gasteiger partial charge in [-0.25, -0.2) is 0 Å². The predicted molar refractivity (Wildman–Crippen MR) is 83.8 cm³/mol. The van der Waals surface area contributed by atoms with E-state index in [9.17, 15) is 4.79 Å². The molecule has 0 radical (unpaired) electrons. The highest BCUT2D eigenvalue weighted by Crippen LogP contribution is 2.25. The fraction of sp³-hybridized carbons (Fsp3) is 0.214. The van der Waals surface area contributed by atoms with Gasteiger partial charge in [-0.2, -0.15) is 10.4 Å². The van der Waals surface area contributed by atoms with Crippen LogP contribution in [-0.4, -0.2) is 16.1 Å². The molecule has 2 rings (SSSR count). The van der Waals surface area contributed by atoms with Crippen LogP contribution in [0, 0.1) is 11.3 Å². The van der Waals surface area contributed by atoms with Gasteiger partial charge in [-0.05, 0) is 40.5 Å². The van der Waals surface area contributed by atoms with Crippen molar-refractivity contribution in [3.8, 4) is 6.07 Å². The van der Waals surface area contributed by atoms with E-state index in [1.807, 2.05) is 13.0 Å². The summed E-state index contributed by atoms with van der Waals surface area (Å²) in [6.07, 6.45) is 1.65. The lowest BCUT2D eigenvalue weighted by atomic mass is 10.2. The summed E-state index contributed by atoms with van der Waals surface area (Å²) in [4.78, 5) is 12.2. The molecular formula is C14H14BrN5O. The van der Waals surface area contributed by atoms with Gasteiger partial charge in [0.25, 0.3) is 5.91 Å². The van der Waals surface area contributed by atoms with Gasteiger partial charge < -0.3 is 11.1 Å². The van der Waals surface area contributed by atoms with E-state index < -0.39 is 5.91 Å². The summed E-state index contributed by atoms with van der Waals surface area (Å²) in [6.45, 7) is 2.02. The molecule has 0 fully saturated rings. The highest BCUT2D eigenvalue weighted by Gasteiger charge is 2.17. The molecule has 0 aliphatic carbocycles. The van der Waals surface area contributed by atoms with Crippen LogP contribution < -0.4 is 11.1 Å². The maximum Gasteiger partial charge on any atom is 0.278 e. The Kier molecular flexibility index (Phi) is 4.60. The number of aryl methyl sites for hydroxylation is 1. The van der Waals surface area contributed by atoms with Crippen molar-refractivity contribution in [2.75, 3.05) is 11.1 Å². The zero-order valence-electron chi connectivity index (χ0n) is 11.4. The second-order valence-electron chi connectivity index (χ2n) is 4.47. The van der Waals surface area contributed by atoms with Gasteiger partial charge in [0.2, 0.25) is 0 Å². The highest BCUT2D eigenvalue weighted by molar-refractivity contribution is 9.10. The third-order valence-electron chi connectivity index (χ3n) is 2.94. The molecule has 0 aliphatic heterocycles. The van der Waals surface area contributed by atoms with Gasteiger partial charge in [0.05, 0.1) is 28.7 Å². The van der Waals surface area contributed by atoms with Crippen LogP contribution >= 0.6 is 15.9 Å². The minimum absolute atomic E-state index is 0.176. The van der Waals surface area contributed by atoms with E-state index in [4.69, 9.17) is 11.0 Å². The number of nitrogen functional groups attached to an aromatic ring is 1. The van der Waals surface area contributed by atoms with E-state index in [0.717, 1.165) is 18.5 Å². The van der Waals surface area contributed by atoms with Crippen LogP contribution in [0.25, 0.3) is 0 Å². The maximum absolute atomic E-state index is 12.2. The lowest BCUT2D eigenvalue weighted by Crippen LogP contribution is -2.14. The SMILES string of the molecule is CCCc1[nH]nc(C(=O)Nc2ccc(C#N)cc2Br)c1N. The number of nitriles is 1. The number of amides is 1. The minimum Gasteiger partial charge on any atom is -0.395 e. The number of benzene rings is 1. The molecule has 0 bridgehead atoms. The van der Waals surface area contributed by atoms with Crippen molar-refractivity contribution in [3.05, 3.63) is 39.6 Å². The Bertz CT molecular complexity index is 717. The zero-order chi connectivity index (χ0) is 15.4. The second kappa shape index (κ2) is 6.41. The van der Waals surface area contributed by atoms with Gasteiger partial charge in [0, 0.05) is 4.47 Å². The molecule has 4 N–H and O–H groups in total. The molecule has 0 aliphatic rings. The van der Waals surface area contributed by atoms with Gasteiger partial charge >= 0.3 is 0 Å². The number of rotatable bonds is 4. The molecule has 0 spiro atoms. The number of aromatic nitrogens is 2. The van der Waals surface area contributed by atoms with Crippen molar-refractivity contribution < 1.29 is 4.79 Å². The Morgan fingerprint density at radius 1 is 1.57 bits per heavy atom. The average Bonchev–Trinajstić information content (AvgIpc) is 2.83. The fourth-order valence-corrected chi connectivity index (χ4v) is 2.35. The van der Waals surface area contributed by atoms with Crippen LogP contribution in [0.4, 0.5) is 11.4 Å². The number of H-pyrrole nitrogens is 1. The summed E-state index contributed by atoms with van der Waals surface area (Å²) in [6, 6.07) is 6.93. The molecule has 21 heavy (non-hydrogen) atoms. The first-order valence-corrected chi connectivity index (χ1v) is 7.19. The van der Waals surface area contributed by atoms with Crippen LogP contribution in [0.1, 0.15) is 35.1 Å². The van der Waals surface area contributed by atoms with Crippen LogP contribution in [0.2, 0.25) is 0 Å². The quantitative estimate of drug-likeness (QED) is 0.789. The lowest BCUT2D eigenvalue weighted by Gasteiger charge is -2.06. The van der Waals surface area contributed by atoms with Gasteiger partial charge in [-0.1, -0.05) is 13.3 Å². The van der Waals surface area contributed by atoms with E-state index >= 15 is 0 Å². The minimum atomic E-state index is -0.392. The lowest BCUT2D eigenvalue weighted by molar-refractivity contribution is 0.102. The van der Waals surface area contributed by atoms with Crippen LogP contribution in [0.15, 0.2) is 22.7 Å². The first kappa shape index (κ1) is 15.1. The third-order valence-corrected chi connectivity index (χ3v) is 3.60. The number of carbonyl (C=O) groups excluding carboxylic acids is 1. The first-order chi connectivity index (χ1) is 10.1. The van der Waals surface area contributed by atoms with Crippen molar-refractivity contribution >= 4 is 33.2 Å². The Hall–Kier alpha value is -2.33. The first-order valence-electron chi connectivity index (χ1n) is 6.40. The number of nitrogens with two attached hydrogens (primary N) is 1. The normalized spacial score (nSPS) is 10.1. The Labute approximate surface area is 130 Å². The van der Waals surface area contributed by atoms with Gasteiger partial charge in [-0.3, -0.25) is 9.89 Å². The number of nitrogens with one attached hydrogen (secondary N) is 2. The number of hydrogen-bond donors (Lipinski definition) is 3. The molecular weight excluding hydrogens is 334 g/mol.